The van der Waals surface area contributed by atoms with Crippen LogP contribution >= 0.6 is 0 Å². The summed E-state index contributed by atoms with van der Waals surface area (Å²) in [5.41, 5.74) is 0.00579. The van der Waals surface area contributed by atoms with Gasteiger partial charge in [0, 0.05) is 11.7 Å². The summed E-state index contributed by atoms with van der Waals surface area (Å²) in [7, 11) is 2.64. The predicted molar refractivity (Wildman–Crippen MR) is 73.1 cm³/mol. The van der Waals surface area contributed by atoms with Crippen molar-refractivity contribution in [3.8, 4) is 11.6 Å². The van der Waals surface area contributed by atoms with Gasteiger partial charge in [0.25, 0.3) is 5.88 Å². The molecule has 0 N–H and O–H groups in total. The zero-order valence-electron chi connectivity index (χ0n) is 12.3. The third kappa shape index (κ3) is 2.30. The second-order valence-corrected chi connectivity index (χ2v) is 5.53. The molecule has 1 aliphatic heterocycles. The van der Waals surface area contributed by atoms with Crippen molar-refractivity contribution in [1.82, 2.24) is 4.98 Å². The van der Waals surface area contributed by atoms with E-state index in [9.17, 15) is 0 Å². The average Bonchev–Trinajstić information content (AvgIpc) is 2.57. The van der Waals surface area contributed by atoms with Crippen molar-refractivity contribution < 1.29 is 18.8 Å². The van der Waals surface area contributed by atoms with Gasteiger partial charge in [0.1, 0.15) is 0 Å². The standard InChI is InChI=1S/C13H20BNO4/c1-12(2)13(3,4)19-14(18-12)9-7-8-15-11(17-6)10(9)16-5/h7-8H,1-6H3. The smallest absolute Gasteiger partial charge is 0.492 e. The molecule has 0 bridgehead atoms. The lowest BCUT2D eigenvalue weighted by Gasteiger charge is -2.32. The van der Waals surface area contributed by atoms with Gasteiger partial charge in [-0.1, -0.05) is 0 Å². The van der Waals surface area contributed by atoms with Crippen molar-refractivity contribution in [3.63, 3.8) is 0 Å². The Hall–Kier alpha value is -1.27. The van der Waals surface area contributed by atoms with E-state index in [-0.39, 0.29) is 11.2 Å². The van der Waals surface area contributed by atoms with Gasteiger partial charge in [-0.2, -0.15) is 0 Å². The van der Waals surface area contributed by atoms with Crippen LogP contribution in [0.4, 0.5) is 0 Å². The predicted octanol–water partition coefficient (Wildman–Crippen LogP) is 1.40. The van der Waals surface area contributed by atoms with Crippen LogP contribution in [0.5, 0.6) is 11.6 Å². The van der Waals surface area contributed by atoms with E-state index in [1.165, 1.54) is 0 Å². The van der Waals surface area contributed by atoms with Crippen LogP contribution in [0.15, 0.2) is 12.3 Å². The van der Waals surface area contributed by atoms with E-state index in [1.807, 2.05) is 33.8 Å². The highest BCUT2D eigenvalue weighted by Crippen LogP contribution is 2.37. The Labute approximate surface area is 114 Å². The Bertz CT molecular complexity index is 460. The van der Waals surface area contributed by atoms with Crippen molar-refractivity contribution in [2.75, 3.05) is 14.2 Å². The Morgan fingerprint density at radius 3 is 2.11 bits per heavy atom. The fourth-order valence-electron chi connectivity index (χ4n) is 1.95. The fraction of sp³-hybridized carbons (Fsp3) is 0.615. The van der Waals surface area contributed by atoms with Crippen molar-refractivity contribution >= 4 is 12.6 Å². The fourth-order valence-corrected chi connectivity index (χ4v) is 1.95. The number of hydrogen-bond donors (Lipinski definition) is 0. The summed E-state index contributed by atoms with van der Waals surface area (Å²) in [4.78, 5) is 4.11. The molecule has 0 amide bonds. The van der Waals surface area contributed by atoms with Crippen molar-refractivity contribution in [2.24, 2.45) is 0 Å². The molecule has 0 unspecified atom stereocenters. The van der Waals surface area contributed by atoms with Crippen LogP contribution in [0, 0.1) is 0 Å². The molecule has 2 heterocycles. The van der Waals surface area contributed by atoms with Gasteiger partial charge >= 0.3 is 7.12 Å². The first-order chi connectivity index (χ1) is 8.82. The minimum Gasteiger partial charge on any atom is -0.492 e. The van der Waals surface area contributed by atoms with Crippen LogP contribution in [-0.2, 0) is 9.31 Å². The molecule has 0 atom stereocenters. The molecule has 19 heavy (non-hydrogen) atoms. The van der Waals surface area contributed by atoms with Crippen molar-refractivity contribution in [2.45, 2.75) is 38.9 Å². The van der Waals surface area contributed by atoms with Gasteiger partial charge in [0.2, 0.25) is 0 Å². The summed E-state index contributed by atoms with van der Waals surface area (Å²) >= 11 is 0. The van der Waals surface area contributed by atoms with Gasteiger partial charge in [-0.25, -0.2) is 4.98 Å². The lowest BCUT2D eigenvalue weighted by atomic mass is 9.79. The van der Waals surface area contributed by atoms with Crippen LogP contribution in [0.1, 0.15) is 27.7 Å². The highest BCUT2D eigenvalue weighted by Gasteiger charge is 2.52. The van der Waals surface area contributed by atoms with E-state index in [0.717, 1.165) is 5.46 Å². The number of aromatic nitrogens is 1. The topological polar surface area (TPSA) is 49.8 Å². The number of ether oxygens (including phenoxy) is 2. The maximum absolute atomic E-state index is 6.01. The number of hydrogen-bond acceptors (Lipinski definition) is 5. The molecule has 2 rings (SSSR count). The molecule has 6 heteroatoms. The summed E-state index contributed by atoms with van der Waals surface area (Å²) in [6.45, 7) is 8.05. The molecule has 0 spiro atoms. The minimum atomic E-state index is -0.489. The Balaban J connectivity index is 2.39. The van der Waals surface area contributed by atoms with Crippen molar-refractivity contribution in [1.29, 1.82) is 0 Å². The Morgan fingerprint density at radius 2 is 1.63 bits per heavy atom. The third-order valence-electron chi connectivity index (χ3n) is 3.81. The molecule has 0 radical (unpaired) electrons. The summed E-state index contributed by atoms with van der Waals surface area (Å²) in [6.07, 6.45) is 1.65. The highest BCUT2D eigenvalue weighted by molar-refractivity contribution is 6.63. The number of methoxy groups -OCH3 is 2. The molecule has 1 fully saturated rings. The molecule has 1 aromatic heterocycles. The zero-order valence-corrected chi connectivity index (χ0v) is 12.3. The molecule has 5 nitrogen and oxygen atoms in total. The SMILES string of the molecule is COc1nccc(B2OC(C)(C)C(C)(C)O2)c1OC. The first-order valence-electron chi connectivity index (χ1n) is 6.25. The molecular weight excluding hydrogens is 245 g/mol. The monoisotopic (exact) mass is 265 g/mol. The number of rotatable bonds is 3. The van der Waals surface area contributed by atoms with Gasteiger partial charge in [0.15, 0.2) is 5.75 Å². The molecular formula is C13H20BNO4. The molecule has 1 aliphatic rings. The number of pyridine rings is 1. The van der Waals surface area contributed by atoms with Gasteiger partial charge in [-0.3, -0.25) is 0 Å². The Morgan fingerprint density at radius 1 is 1.05 bits per heavy atom. The lowest BCUT2D eigenvalue weighted by Crippen LogP contribution is -2.41. The molecule has 104 valence electrons. The first-order valence-corrected chi connectivity index (χ1v) is 6.25. The number of nitrogens with zero attached hydrogens (tertiary/aromatic N) is 1. The van der Waals surface area contributed by atoms with E-state index < -0.39 is 7.12 Å². The minimum absolute atomic E-state index is 0.390. The van der Waals surface area contributed by atoms with Crippen LogP contribution in [-0.4, -0.2) is 37.5 Å². The van der Waals surface area contributed by atoms with Crippen LogP contribution in [0.25, 0.3) is 0 Å². The van der Waals surface area contributed by atoms with Gasteiger partial charge < -0.3 is 18.8 Å². The van der Waals surface area contributed by atoms with Crippen LogP contribution < -0.4 is 14.9 Å². The van der Waals surface area contributed by atoms with E-state index >= 15 is 0 Å². The normalized spacial score (nSPS) is 20.4. The summed E-state index contributed by atoms with van der Waals surface area (Å²) in [5, 5.41) is 0. The summed E-state index contributed by atoms with van der Waals surface area (Å²) < 4.78 is 22.6. The molecule has 1 saturated heterocycles. The van der Waals surface area contributed by atoms with E-state index in [4.69, 9.17) is 18.8 Å². The average molecular weight is 265 g/mol. The van der Waals surface area contributed by atoms with Gasteiger partial charge in [-0.15, -0.1) is 0 Å². The van der Waals surface area contributed by atoms with Crippen LogP contribution in [0.2, 0.25) is 0 Å². The first kappa shape index (κ1) is 14.2. The third-order valence-corrected chi connectivity index (χ3v) is 3.81. The van der Waals surface area contributed by atoms with Gasteiger partial charge in [0.05, 0.1) is 25.4 Å². The second-order valence-electron chi connectivity index (χ2n) is 5.53. The zero-order chi connectivity index (χ0) is 14.3. The summed E-state index contributed by atoms with van der Waals surface area (Å²) in [6, 6.07) is 1.82. The maximum atomic E-state index is 6.01. The van der Waals surface area contributed by atoms with Gasteiger partial charge in [-0.05, 0) is 33.8 Å². The van der Waals surface area contributed by atoms with E-state index in [2.05, 4.69) is 4.98 Å². The lowest BCUT2D eigenvalue weighted by molar-refractivity contribution is 0.00578. The second kappa shape index (κ2) is 4.69. The van der Waals surface area contributed by atoms with E-state index in [0.29, 0.717) is 11.6 Å². The molecule has 0 saturated carbocycles. The molecule has 0 aliphatic carbocycles. The van der Waals surface area contributed by atoms with E-state index in [1.54, 1.807) is 20.4 Å². The Kier molecular flexibility index (Phi) is 3.49. The maximum Gasteiger partial charge on any atom is 0.498 e. The quantitative estimate of drug-likeness (QED) is 0.773. The summed E-state index contributed by atoms with van der Waals surface area (Å²) in [5.74, 6) is 0.971. The largest absolute Gasteiger partial charge is 0.498 e. The molecule has 0 aromatic carbocycles. The van der Waals surface area contributed by atoms with Crippen LogP contribution in [0.3, 0.4) is 0 Å². The van der Waals surface area contributed by atoms with Crippen molar-refractivity contribution in [3.05, 3.63) is 12.3 Å². The highest BCUT2D eigenvalue weighted by atomic mass is 16.7. The molecule has 1 aromatic rings.